The minimum absolute atomic E-state index is 0.123. The third-order valence-electron chi connectivity index (χ3n) is 5.18. The number of nitrogens with zero attached hydrogens (tertiary/aromatic N) is 2. The zero-order valence-electron chi connectivity index (χ0n) is 15.6. The number of urea groups is 1. The maximum absolute atomic E-state index is 12.7. The van der Waals surface area contributed by atoms with E-state index in [-0.39, 0.29) is 24.8 Å². The number of benzene rings is 1. The Balaban J connectivity index is 1.73. The summed E-state index contributed by atoms with van der Waals surface area (Å²) < 4.78 is 5.79. The lowest BCUT2D eigenvalue weighted by atomic mass is 9.90. The molecule has 2 amide bonds. The van der Waals surface area contributed by atoms with Crippen molar-refractivity contribution in [2.75, 3.05) is 36.4 Å². The van der Waals surface area contributed by atoms with E-state index in [1.807, 2.05) is 38.1 Å². The van der Waals surface area contributed by atoms with E-state index in [9.17, 15) is 14.7 Å². The van der Waals surface area contributed by atoms with Gasteiger partial charge in [-0.1, -0.05) is 12.1 Å². The number of ether oxygens (including phenoxy) is 1. The molecule has 0 saturated carbocycles. The number of carboxylic acid groups (broad SMARTS) is 1. The third-order valence-corrected chi connectivity index (χ3v) is 5.18. The van der Waals surface area contributed by atoms with Crippen LogP contribution < -0.4 is 10.2 Å². The Bertz CT molecular complexity index is 685. The Labute approximate surface area is 153 Å². The number of likely N-dealkylation sites (tertiary alicyclic amines) is 1. The second-order valence-electron chi connectivity index (χ2n) is 7.65. The summed E-state index contributed by atoms with van der Waals surface area (Å²) in [5, 5.41) is 12.3. The molecule has 3 unspecified atom stereocenters. The molecule has 0 radical (unpaired) electrons. The molecule has 3 atom stereocenters. The van der Waals surface area contributed by atoms with Crippen LogP contribution in [0.2, 0.25) is 0 Å². The first-order valence-electron chi connectivity index (χ1n) is 9.07. The van der Waals surface area contributed by atoms with E-state index in [4.69, 9.17) is 4.74 Å². The number of amides is 2. The summed E-state index contributed by atoms with van der Waals surface area (Å²) >= 11 is 0. The van der Waals surface area contributed by atoms with Crippen LogP contribution in [-0.2, 0) is 9.53 Å². The fourth-order valence-electron chi connectivity index (χ4n) is 3.73. The lowest BCUT2D eigenvalue weighted by molar-refractivity contribution is -0.146. The summed E-state index contributed by atoms with van der Waals surface area (Å²) in [6.45, 7) is 7.97. The highest BCUT2D eigenvalue weighted by Gasteiger charge is 2.42. The van der Waals surface area contributed by atoms with Crippen molar-refractivity contribution in [1.82, 2.24) is 4.90 Å². The number of anilines is 2. The second kappa shape index (κ2) is 7.15. The molecule has 3 rings (SSSR count). The molecule has 2 aliphatic rings. The molecule has 2 aliphatic heterocycles. The molecule has 142 valence electrons. The van der Waals surface area contributed by atoms with Crippen molar-refractivity contribution in [1.29, 1.82) is 0 Å². The van der Waals surface area contributed by atoms with Gasteiger partial charge in [-0.15, -0.1) is 0 Å². The Morgan fingerprint density at radius 3 is 2.50 bits per heavy atom. The molecule has 0 aromatic heterocycles. The zero-order valence-corrected chi connectivity index (χ0v) is 15.6. The predicted octanol–water partition coefficient (Wildman–Crippen LogP) is 2.63. The van der Waals surface area contributed by atoms with Crippen LogP contribution in [0.4, 0.5) is 16.2 Å². The number of nitrogens with one attached hydrogen (secondary N) is 1. The minimum atomic E-state index is -0.869. The van der Waals surface area contributed by atoms with Crippen LogP contribution in [-0.4, -0.2) is 60.4 Å². The van der Waals surface area contributed by atoms with E-state index in [0.717, 1.165) is 24.5 Å². The van der Waals surface area contributed by atoms with Crippen molar-refractivity contribution >= 4 is 23.4 Å². The fourth-order valence-corrected chi connectivity index (χ4v) is 3.73. The first kappa shape index (κ1) is 18.5. The fraction of sp³-hybridized carbons (Fsp3) is 0.579. The van der Waals surface area contributed by atoms with Gasteiger partial charge < -0.3 is 25.0 Å². The molecule has 2 heterocycles. The molecule has 7 heteroatoms. The number of morpholine rings is 1. The SMILES string of the molecule is CC1CN(c2ccccc2NC(=O)N2CCC(C)(C(=O)O)C2)CC(C)O1. The first-order chi connectivity index (χ1) is 12.3. The van der Waals surface area contributed by atoms with Gasteiger partial charge in [-0.2, -0.15) is 0 Å². The van der Waals surface area contributed by atoms with Crippen molar-refractivity contribution in [3.8, 4) is 0 Å². The van der Waals surface area contributed by atoms with Crippen LogP contribution in [0.5, 0.6) is 0 Å². The lowest BCUT2D eigenvalue weighted by Crippen LogP contribution is -2.46. The molecule has 2 saturated heterocycles. The number of para-hydroxylation sites is 2. The highest BCUT2D eigenvalue weighted by atomic mass is 16.5. The number of carbonyl (C=O) groups is 2. The number of hydrogen-bond acceptors (Lipinski definition) is 4. The standard InChI is InChI=1S/C19H27N3O4/c1-13-10-22(11-14(2)26-13)16-7-5-4-6-15(16)20-18(25)21-9-8-19(3,12-21)17(23)24/h4-7,13-14H,8-12H2,1-3H3,(H,20,25)(H,23,24). The van der Waals surface area contributed by atoms with E-state index in [1.54, 1.807) is 11.8 Å². The number of rotatable bonds is 3. The van der Waals surface area contributed by atoms with E-state index in [0.29, 0.717) is 13.0 Å². The maximum atomic E-state index is 12.7. The summed E-state index contributed by atoms with van der Waals surface area (Å²) in [5.41, 5.74) is 0.831. The molecule has 7 nitrogen and oxygen atoms in total. The van der Waals surface area contributed by atoms with Gasteiger partial charge >= 0.3 is 12.0 Å². The van der Waals surface area contributed by atoms with Gasteiger partial charge in [0.15, 0.2) is 0 Å². The van der Waals surface area contributed by atoms with Crippen molar-refractivity contribution in [2.45, 2.75) is 39.4 Å². The lowest BCUT2D eigenvalue weighted by Gasteiger charge is -2.37. The summed E-state index contributed by atoms with van der Waals surface area (Å²) in [6.07, 6.45) is 0.713. The number of hydrogen-bond donors (Lipinski definition) is 2. The Hall–Kier alpha value is -2.28. The van der Waals surface area contributed by atoms with Gasteiger partial charge in [0, 0.05) is 26.2 Å². The molecule has 2 N–H and O–H groups in total. The Kier molecular flexibility index (Phi) is 5.09. The van der Waals surface area contributed by atoms with Gasteiger partial charge in [0.05, 0.1) is 29.0 Å². The average molecular weight is 361 g/mol. The van der Waals surface area contributed by atoms with Crippen molar-refractivity contribution in [2.24, 2.45) is 5.41 Å². The van der Waals surface area contributed by atoms with Crippen molar-refractivity contribution in [3.05, 3.63) is 24.3 Å². The van der Waals surface area contributed by atoms with Gasteiger partial charge in [0.2, 0.25) is 0 Å². The number of carbonyl (C=O) groups excluding carboxylic acids is 1. The largest absolute Gasteiger partial charge is 0.481 e. The number of carboxylic acids is 1. The summed E-state index contributed by atoms with van der Waals surface area (Å²) in [4.78, 5) is 27.9. The van der Waals surface area contributed by atoms with E-state index in [2.05, 4.69) is 10.2 Å². The van der Waals surface area contributed by atoms with E-state index in [1.165, 1.54) is 0 Å². The molecule has 2 fully saturated rings. The first-order valence-corrected chi connectivity index (χ1v) is 9.07. The summed E-state index contributed by atoms with van der Waals surface area (Å²) in [5.74, 6) is -0.857. The number of aliphatic carboxylic acids is 1. The average Bonchev–Trinajstić information content (AvgIpc) is 2.98. The van der Waals surface area contributed by atoms with Gasteiger partial charge in [-0.3, -0.25) is 4.79 Å². The van der Waals surface area contributed by atoms with Gasteiger partial charge in [-0.05, 0) is 39.3 Å². The van der Waals surface area contributed by atoms with E-state index >= 15 is 0 Å². The monoisotopic (exact) mass is 361 g/mol. The summed E-state index contributed by atoms with van der Waals surface area (Å²) in [7, 11) is 0. The second-order valence-corrected chi connectivity index (χ2v) is 7.65. The Morgan fingerprint density at radius 2 is 1.88 bits per heavy atom. The van der Waals surface area contributed by atoms with Gasteiger partial charge in [-0.25, -0.2) is 4.79 Å². The van der Waals surface area contributed by atoms with Crippen LogP contribution in [0.15, 0.2) is 24.3 Å². The van der Waals surface area contributed by atoms with Crippen LogP contribution in [0, 0.1) is 5.41 Å². The molecule has 0 spiro atoms. The van der Waals surface area contributed by atoms with Crippen LogP contribution in [0.1, 0.15) is 27.2 Å². The molecular formula is C19H27N3O4. The molecule has 26 heavy (non-hydrogen) atoms. The summed E-state index contributed by atoms with van der Waals surface area (Å²) in [6, 6.07) is 7.46. The highest BCUT2D eigenvalue weighted by molar-refractivity contribution is 5.94. The normalized spacial score (nSPS) is 28.9. The molecule has 0 aliphatic carbocycles. The van der Waals surface area contributed by atoms with Crippen LogP contribution in [0.25, 0.3) is 0 Å². The molecule has 1 aromatic carbocycles. The quantitative estimate of drug-likeness (QED) is 0.865. The Morgan fingerprint density at radius 1 is 1.23 bits per heavy atom. The molecular weight excluding hydrogens is 334 g/mol. The van der Waals surface area contributed by atoms with Gasteiger partial charge in [0.25, 0.3) is 0 Å². The minimum Gasteiger partial charge on any atom is -0.481 e. The molecule has 0 bridgehead atoms. The van der Waals surface area contributed by atoms with Crippen molar-refractivity contribution in [3.63, 3.8) is 0 Å². The molecule has 1 aromatic rings. The highest BCUT2D eigenvalue weighted by Crippen LogP contribution is 2.32. The zero-order chi connectivity index (χ0) is 18.9. The van der Waals surface area contributed by atoms with Crippen LogP contribution >= 0.6 is 0 Å². The van der Waals surface area contributed by atoms with E-state index < -0.39 is 11.4 Å². The topological polar surface area (TPSA) is 82.1 Å². The van der Waals surface area contributed by atoms with Gasteiger partial charge in [0.1, 0.15) is 0 Å². The predicted molar refractivity (Wildman–Crippen MR) is 99.6 cm³/mol. The van der Waals surface area contributed by atoms with Crippen LogP contribution in [0.3, 0.4) is 0 Å². The maximum Gasteiger partial charge on any atom is 0.321 e. The third kappa shape index (κ3) is 3.77. The smallest absolute Gasteiger partial charge is 0.321 e. The van der Waals surface area contributed by atoms with Crippen molar-refractivity contribution < 1.29 is 19.4 Å².